The smallest absolute Gasteiger partial charge is 0.151 e. The number of ether oxygens (including phenoxy) is 1. The maximum Gasteiger partial charge on any atom is 0.151 e. The van der Waals surface area contributed by atoms with E-state index < -0.39 is 0 Å². The van der Waals surface area contributed by atoms with Crippen LogP contribution in [0.5, 0.6) is 5.75 Å². The number of nitrogens with one attached hydrogen (secondary N) is 1. The minimum Gasteiger partial charge on any atom is -0.497 e. The van der Waals surface area contributed by atoms with Gasteiger partial charge in [0.15, 0.2) is 5.82 Å². The minimum atomic E-state index is -0.367. The Morgan fingerprint density at radius 3 is 2.47 bits per heavy atom. The van der Waals surface area contributed by atoms with Crippen molar-refractivity contribution < 1.29 is 9.13 Å². The Balaban J connectivity index is 2.56. The van der Waals surface area contributed by atoms with E-state index >= 15 is 0 Å². The van der Waals surface area contributed by atoms with Crippen molar-refractivity contribution in [3.63, 3.8) is 0 Å². The number of nitrogens with zero attached hydrogens (tertiary/aromatic N) is 2. The van der Waals surface area contributed by atoms with Gasteiger partial charge in [-0.25, -0.2) is 4.39 Å². The molecule has 0 saturated heterocycles. The zero-order chi connectivity index (χ0) is 14.0. The molecule has 0 aliphatic rings. The molecule has 1 aromatic heterocycles. The molecule has 5 heteroatoms. The lowest BCUT2D eigenvalue weighted by atomic mass is 10.0. The summed E-state index contributed by atoms with van der Waals surface area (Å²) in [6.07, 6.45) is 0. The molecule has 0 aliphatic heterocycles. The fourth-order valence-corrected chi connectivity index (χ4v) is 1.91. The first-order valence-electron chi connectivity index (χ1n) is 5.94. The van der Waals surface area contributed by atoms with Gasteiger partial charge in [0.05, 0.1) is 12.8 Å². The third kappa shape index (κ3) is 2.36. The lowest BCUT2D eigenvalue weighted by molar-refractivity contribution is 0.411. The molecule has 4 nitrogen and oxygen atoms in total. The molecular weight excluding hydrogens is 245 g/mol. The largest absolute Gasteiger partial charge is 0.497 e. The number of rotatable bonds is 3. The molecule has 0 saturated carbocycles. The fourth-order valence-electron chi connectivity index (χ4n) is 1.91. The average molecular weight is 261 g/mol. The van der Waals surface area contributed by atoms with Crippen LogP contribution in [0.1, 0.15) is 11.1 Å². The average Bonchev–Trinajstić information content (AvgIpc) is 2.42. The highest BCUT2D eigenvalue weighted by molar-refractivity contribution is 5.67. The Bertz CT molecular complexity index is 614. The Hall–Kier alpha value is -2.17. The molecule has 0 radical (unpaired) electrons. The summed E-state index contributed by atoms with van der Waals surface area (Å²) < 4.78 is 19.0. The maximum atomic E-state index is 14.1. The number of methoxy groups -OCH3 is 1. The van der Waals surface area contributed by atoms with E-state index in [9.17, 15) is 4.39 Å². The van der Waals surface area contributed by atoms with Crippen LogP contribution >= 0.6 is 0 Å². The van der Waals surface area contributed by atoms with Gasteiger partial charge in [0.2, 0.25) is 0 Å². The van der Waals surface area contributed by atoms with E-state index in [1.54, 1.807) is 19.2 Å². The molecule has 0 amide bonds. The third-order valence-electron chi connectivity index (χ3n) is 3.19. The van der Waals surface area contributed by atoms with Crippen LogP contribution < -0.4 is 10.1 Å². The van der Waals surface area contributed by atoms with Gasteiger partial charge < -0.3 is 10.1 Å². The number of anilines is 1. The van der Waals surface area contributed by atoms with E-state index in [-0.39, 0.29) is 5.82 Å². The second kappa shape index (κ2) is 5.22. The second-order valence-electron chi connectivity index (χ2n) is 4.24. The molecule has 2 rings (SSSR count). The zero-order valence-corrected chi connectivity index (χ0v) is 11.4. The summed E-state index contributed by atoms with van der Waals surface area (Å²) in [6.45, 7) is 3.84. The van der Waals surface area contributed by atoms with Gasteiger partial charge in [-0.15, -0.1) is 10.2 Å². The molecule has 0 aliphatic carbocycles. The van der Waals surface area contributed by atoms with E-state index in [4.69, 9.17) is 4.74 Å². The third-order valence-corrected chi connectivity index (χ3v) is 3.19. The molecule has 19 heavy (non-hydrogen) atoms. The molecular formula is C14H16FN3O. The molecule has 1 heterocycles. The molecule has 1 aromatic carbocycles. The normalized spacial score (nSPS) is 10.4. The van der Waals surface area contributed by atoms with Gasteiger partial charge in [-0.2, -0.15) is 0 Å². The number of aromatic nitrogens is 2. The van der Waals surface area contributed by atoms with Gasteiger partial charge in [0.1, 0.15) is 11.6 Å². The highest BCUT2D eigenvalue weighted by Crippen LogP contribution is 2.29. The van der Waals surface area contributed by atoms with Gasteiger partial charge in [-0.1, -0.05) is 0 Å². The summed E-state index contributed by atoms with van der Waals surface area (Å²) in [5.41, 5.74) is 2.85. The first-order valence-corrected chi connectivity index (χ1v) is 5.94. The second-order valence-corrected chi connectivity index (χ2v) is 4.24. The van der Waals surface area contributed by atoms with E-state index in [2.05, 4.69) is 15.5 Å². The van der Waals surface area contributed by atoms with Crippen molar-refractivity contribution in [1.29, 1.82) is 0 Å². The Kier molecular flexibility index (Phi) is 3.64. The van der Waals surface area contributed by atoms with Gasteiger partial charge in [-0.3, -0.25) is 0 Å². The highest BCUT2D eigenvalue weighted by atomic mass is 19.1. The van der Waals surface area contributed by atoms with Crippen molar-refractivity contribution in [3.05, 3.63) is 35.1 Å². The molecule has 0 atom stereocenters. The van der Waals surface area contributed by atoms with Crippen LogP contribution in [-0.4, -0.2) is 24.4 Å². The summed E-state index contributed by atoms with van der Waals surface area (Å²) in [5, 5.41) is 11.1. The lowest BCUT2D eigenvalue weighted by Crippen LogP contribution is -2.03. The van der Waals surface area contributed by atoms with Gasteiger partial charge in [0, 0.05) is 18.7 Å². The number of hydrogen-bond donors (Lipinski definition) is 1. The molecule has 0 unspecified atom stereocenters. The first-order chi connectivity index (χ1) is 9.08. The standard InChI is InChI=1S/C14H16FN3O/c1-8-9(2)14(16-3)18-17-13(8)11-6-5-10(19-4)7-12(11)15/h5-7H,1-4H3,(H,16,18). The molecule has 0 spiro atoms. The predicted molar refractivity (Wildman–Crippen MR) is 73.0 cm³/mol. The zero-order valence-electron chi connectivity index (χ0n) is 11.4. The number of hydrogen-bond acceptors (Lipinski definition) is 4. The predicted octanol–water partition coefficient (Wildman–Crippen LogP) is 2.95. The van der Waals surface area contributed by atoms with Crippen molar-refractivity contribution >= 4 is 5.82 Å². The summed E-state index contributed by atoms with van der Waals surface area (Å²) in [7, 11) is 3.29. The van der Waals surface area contributed by atoms with Crippen LogP contribution in [0.25, 0.3) is 11.3 Å². The molecule has 1 N–H and O–H groups in total. The van der Waals surface area contributed by atoms with Gasteiger partial charge in [0.25, 0.3) is 0 Å². The van der Waals surface area contributed by atoms with E-state index in [0.717, 1.165) is 11.1 Å². The number of halogens is 1. The Morgan fingerprint density at radius 1 is 1.16 bits per heavy atom. The first kappa shape index (κ1) is 13.3. The van der Waals surface area contributed by atoms with Crippen LogP contribution in [0, 0.1) is 19.7 Å². The van der Waals surface area contributed by atoms with Gasteiger partial charge in [-0.05, 0) is 37.1 Å². The van der Waals surface area contributed by atoms with Crippen molar-refractivity contribution in [1.82, 2.24) is 10.2 Å². The number of benzene rings is 1. The highest BCUT2D eigenvalue weighted by Gasteiger charge is 2.14. The molecule has 100 valence electrons. The molecule has 0 bridgehead atoms. The van der Waals surface area contributed by atoms with Crippen LogP contribution in [0.3, 0.4) is 0 Å². The van der Waals surface area contributed by atoms with E-state index in [1.807, 2.05) is 13.8 Å². The van der Waals surface area contributed by atoms with E-state index in [0.29, 0.717) is 22.8 Å². The lowest BCUT2D eigenvalue weighted by Gasteiger charge is -2.11. The van der Waals surface area contributed by atoms with E-state index in [1.165, 1.54) is 13.2 Å². The van der Waals surface area contributed by atoms with Crippen LogP contribution in [0.15, 0.2) is 18.2 Å². The summed E-state index contributed by atoms with van der Waals surface area (Å²) >= 11 is 0. The SMILES string of the molecule is CNc1nnc(-c2ccc(OC)cc2F)c(C)c1C. The fraction of sp³-hybridized carbons (Fsp3) is 0.286. The van der Waals surface area contributed by atoms with Crippen LogP contribution in [-0.2, 0) is 0 Å². The Morgan fingerprint density at radius 2 is 1.89 bits per heavy atom. The molecule has 0 fully saturated rings. The topological polar surface area (TPSA) is 47.0 Å². The van der Waals surface area contributed by atoms with Crippen LogP contribution in [0.2, 0.25) is 0 Å². The van der Waals surface area contributed by atoms with Crippen molar-refractivity contribution in [2.24, 2.45) is 0 Å². The monoisotopic (exact) mass is 261 g/mol. The van der Waals surface area contributed by atoms with Crippen LogP contribution in [0.4, 0.5) is 10.2 Å². The molecule has 2 aromatic rings. The summed E-state index contributed by atoms with van der Waals surface area (Å²) in [4.78, 5) is 0. The van der Waals surface area contributed by atoms with Crippen molar-refractivity contribution in [2.75, 3.05) is 19.5 Å². The minimum absolute atomic E-state index is 0.367. The van der Waals surface area contributed by atoms with Crippen molar-refractivity contribution in [3.8, 4) is 17.0 Å². The summed E-state index contributed by atoms with van der Waals surface area (Å²) in [5.74, 6) is 0.818. The quantitative estimate of drug-likeness (QED) is 0.922. The summed E-state index contributed by atoms with van der Waals surface area (Å²) in [6, 6.07) is 4.71. The maximum absolute atomic E-state index is 14.1. The Labute approximate surface area is 111 Å². The van der Waals surface area contributed by atoms with Crippen molar-refractivity contribution in [2.45, 2.75) is 13.8 Å². The van der Waals surface area contributed by atoms with Gasteiger partial charge >= 0.3 is 0 Å².